The highest BCUT2D eigenvalue weighted by atomic mass is 32.2. The number of nitrogens with two attached hydrogens (primary N) is 1. The topological polar surface area (TPSA) is 102 Å². The number of hydrogen-bond acceptors (Lipinski definition) is 6. The Balaban J connectivity index is 1.94. The third-order valence-electron chi connectivity index (χ3n) is 2.57. The Morgan fingerprint density at radius 2 is 2.30 bits per heavy atom. The molecule has 0 aliphatic carbocycles. The summed E-state index contributed by atoms with van der Waals surface area (Å²) in [5.41, 5.74) is 7.39. The van der Waals surface area contributed by atoms with Crippen LogP contribution in [-0.4, -0.2) is 33.1 Å². The van der Waals surface area contributed by atoms with E-state index < -0.39 is 12.0 Å². The van der Waals surface area contributed by atoms with E-state index in [0.717, 1.165) is 11.1 Å². The summed E-state index contributed by atoms with van der Waals surface area (Å²) in [6.07, 6.45) is 0. The molecule has 0 aliphatic heterocycles. The maximum atomic E-state index is 10.6. The van der Waals surface area contributed by atoms with Crippen molar-refractivity contribution in [1.29, 1.82) is 0 Å². The van der Waals surface area contributed by atoms with Crippen molar-refractivity contribution in [2.75, 3.05) is 5.75 Å². The first-order valence-electron chi connectivity index (χ1n) is 6.02. The zero-order valence-corrected chi connectivity index (χ0v) is 11.8. The van der Waals surface area contributed by atoms with Crippen LogP contribution in [0.2, 0.25) is 0 Å². The summed E-state index contributed by atoms with van der Waals surface area (Å²) in [7, 11) is 0. The van der Waals surface area contributed by atoms with E-state index in [1.807, 2.05) is 31.2 Å². The molecule has 1 heterocycles. The van der Waals surface area contributed by atoms with Gasteiger partial charge in [-0.2, -0.15) is 0 Å². The molecule has 1 aromatic carbocycles. The van der Waals surface area contributed by atoms with Crippen molar-refractivity contribution in [2.24, 2.45) is 5.73 Å². The largest absolute Gasteiger partial charge is 0.480 e. The smallest absolute Gasteiger partial charge is 0.321 e. The minimum Gasteiger partial charge on any atom is -0.480 e. The van der Waals surface area contributed by atoms with E-state index >= 15 is 0 Å². The number of hydrogen-bond donors (Lipinski definition) is 2. The van der Waals surface area contributed by atoms with Crippen LogP contribution in [0.15, 0.2) is 28.7 Å². The van der Waals surface area contributed by atoms with Gasteiger partial charge in [-0.3, -0.25) is 4.79 Å². The standard InChI is InChI=1S/C13H15N3O3S/c1-8-3-2-4-9(5-8)12-16-15-11(19-12)7-20-6-10(14)13(17)18/h2-5,10H,6-7,14H2,1H3,(H,17,18)/t10-/m0/s1. The summed E-state index contributed by atoms with van der Waals surface area (Å²) in [4.78, 5) is 10.6. The number of thioether (sulfide) groups is 1. The number of aryl methyl sites for hydroxylation is 1. The number of nitrogens with zero attached hydrogens (tertiary/aromatic N) is 2. The predicted molar refractivity (Wildman–Crippen MR) is 76.2 cm³/mol. The van der Waals surface area contributed by atoms with Crippen LogP contribution >= 0.6 is 11.8 Å². The Morgan fingerprint density at radius 1 is 1.50 bits per heavy atom. The van der Waals surface area contributed by atoms with Crippen LogP contribution in [0.3, 0.4) is 0 Å². The van der Waals surface area contributed by atoms with Crippen LogP contribution in [-0.2, 0) is 10.5 Å². The number of rotatable bonds is 6. The summed E-state index contributed by atoms with van der Waals surface area (Å²) < 4.78 is 5.54. The summed E-state index contributed by atoms with van der Waals surface area (Å²) in [5.74, 6) is 0.663. The van der Waals surface area contributed by atoms with Gasteiger partial charge in [0.2, 0.25) is 11.8 Å². The molecule has 6 nitrogen and oxygen atoms in total. The number of carboxylic acids is 1. The van der Waals surface area contributed by atoms with Gasteiger partial charge in [0, 0.05) is 11.3 Å². The fourth-order valence-corrected chi connectivity index (χ4v) is 2.36. The van der Waals surface area contributed by atoms with Crippen molar-refractivity contribution >= 4 is 17.7 Å². The van der Waals surface area contributed by atoms with Gasteiger partial charge in [0.15, 0.2) is 0 Å². The number of benzene rings is 1. The van der Waals surface area contributed by atoms with E-state index in [4.69, 9.17) is 15.3 Å². The molecule has 0 saturated heterocycles. The maximum Gasteiger partial charge on any atom is 0.321 e. The highest BCUT2D eigenvalue weighted by Crippen LogP contribution is 2.20. The van der Waals surface area contributed by atoms with Crippen LogP contribution in [0.4, 0.5) is 0 Å². The first-order valence-corrected chi connectivity index (χ1v) is 7.17. The van der Waals surface area contributed by atoms with Crippen molar-refractivity contribution in [3.8, 4) is 11.5 Å². The molecule has 106 valence electrons. The fourth-order valence-electron chi connectivity index (χ4n) is 1.55. The first-order chi connectivity index (χ1) is 9.56. The van der Waals surface area contributed by atoms with E-state index in [0.29, 0.717) is 23.3 Å². The molecule has 0 saturated carbocycles. The van der Waals surface area contributed by atoms with Crippen LogP contribution in [0.1, 0.15) is 11.5 Å². The minimum absolute atomic E-state index is 0.303. The van der Waals surface area contributed by atoms with Crippen molar-refractivity contribution in [2.45, 2.75) is 18.7 Å². The van der Waals surface area contributed by atoms with Gasteiger partial charge in [-0.15, -0.1) is 22.0 Å². The molecule has 0 spiro atoms. The second-order valence-electron chi connectivity index (χ2n) is 4.33. The number of aromatic nitrogens is 2. The van der Waals surface area contributed by atoms with Crippen molar-refractivity contribution in [1.82, 2.24) is 10.2 Å². The Labute approximate surface area is 120 Å². The molecule has 20 heavy (non-hydrogen) atoms. The Bertz CT molecular complexity index is 600. The molecule has 1 atom stereocenters. The summed E-state index contributed by atoms with van der Waals surface area (Å²) in [6, 6.07) is 6.90. The quantitative estimate of drug-likeness (QED) is 0.835. The van der Waals surface area contributed by atoms with E-state index in [-0.39, 0.29) is 0 Å². The van der Waals surface area contributed by atoms with Crippen molar-refractivity contribution < 1.29 is 14.3 Å². The van der Waals surface area contributed by atoms with Crippen LogP contribution < -0.4 is 5.73 Å². The number of carboxylic acid groups (broad SMARTS) is 1. The molecule has 0 aliphatic rings. The lowest BCUT2D eigenvalue weighted by Gasteiger charge is -2.03. The van der Waals surface area contributed by atoms with Gasteiger partial charge in [0.25, 0.3) is 0 Å². The highest BCUT2D eigenvalue weighted by Gasteiger charge is 2.13. The summed E-state index contributed by atoms with van der Waals surface area (Å²) in [6.45, 7) is 1.99. The van der Waals surface area contributed by atoms with Gasteiger partial charge >= 0.3 is 5.97 Å². The summed E-state index contributed by atoms with van der Waals surface area (Å²) in [5, 5.41) is 16.6. The third kappa shape index (κ3) is 3.82. The summed E-state index contributed by atoms with van der Waals surface area (Å²) >= 11 is 1.35. The van der Waals surface area contributed by atoms with Gasteiger partial charge < -0.3 is 15.3 Å². The molecule has 3 N–H and O–H groups in total. The van der Waals surface area contributed by atoms with Gasteiger partial charge in [-0.05, 0) is 19.1 Å². The zero-order chi connectivity index (χ0) is 14.5. The second-order valence-corrected chi connectivity index (χ2v) is 5.36. The first kappa shape index (κ1) is 14.5. The normalized spacial score (nSPS) is 12.3. The second kappa shape index (κ2) is 6.53. The number of carbonyl (C=O) groups is 1. The lowest BCUT2D eigenvalue weighted by Crippen LogP contribution is -2.32. The van der Waals surface area contributed by atoms with E-state index in [1.165, 1.54) is 11.8 Å². The molecule has 7 heteroatoms. The zero-order valence-electron chi connectivity index (χ0n) is 10.9. The predicted octanol–water partition coefficient (Wildman–Crippen LogP) is 1.69. The molecular weight excluding hydrogens is 278 g/mol. The SMILES string of the molecule is Cc1cccc(-c2nnc(CSC[C@H](N)C(=O)O)o2)c1. The van der Waals surface area contributed by atoms with Crippen LogP contribution in [0.25, 0.3) is 11.5 Å². The molecule has 0 unspecified atom stereocenters. The molecule has 0 radical (unpaired) electrons. The van der Waals surface area contributed by atoms with E-state index in [9.17, 15) is 4.79 Å². The van der Waals surface area contributed by atoms with Crippen molar-refractivity contribution in [3.63, 3.8) is 0 Å². The molecule has 2 aromatic rings. The molecular formula is C13H15N3O3S. The molecule has 0 amide bonds. The van der Waals surface area contributed by atoms with E-state index in [1.54, 1.807) is 0 Å². The highest BCUT2D eigenvalue weighted by molar-refractivity contribution is 7.98. The Morgan fingerprint density at radius 3 is 3.00 bits per heavy atom. The Kier molecular flexibility index (Phi) is 4.75. The average Bonchev–Trinajstić information content (AvgIpc) is 2.87. The van der Waals surface area contributed by atoms with Gasteiger partial charge in [0.1, 0.15) is 6.04 Å². The maximum absolute atomic E-state index is 10.6. The Hall–Kier alpha value is -1.86. The van der Waals surface area contributed by atoms with Gasteiger partial charge in [-0.25, -0.2) is 0 Å². The lowest BCUT2D eigenvalue weighted by molar-refractivity contribution is -0.137. The lowest BCUT2D eigenvalue weighted by atomic mass is 10.1. The molecule has 0 bridgehead atoms. The fraction of sp³-hybridized carbons (Fsp3) is 0.308. The van der Waals surface area contributed by atoms with E-state index in [2.05, 4.69) is 10.2 Å². The van der Waals surface area contributed by atoms with Crippen LogP contribution in [0, 0.1) is 6.92 Å². The average molecular weight is 293 g/mol. The molecule has 0 fully saturated rings. The van der Waals surface area contributed by atoms with Crippen LogP contribution in [0.5, 0.6) is 0 Å². The monoisotopic (exact) mass is 293 g/mol. The van der Waals surface area contributed by atoms with Gasteiger partial charge in [-0.1, -0.05) is 17.7 Å². The number of aliphatic carboxylic acids is 1. The third-order valence-corrected chi connectivity index (χ3v) is 3.62. The van der Waals surface area contributed by atoms with Gasteiger partial charge in [0.05, 0.1) is 5.75 Å². The molecule has 2 rings (SSSR count). The van der Waals surface area contributed by atoms with Crippen molar-refractivity contribution in [3.05, 3.63) is 35.7 Å². The molecule has 1 aromatic heterocycles. The minimum atomic E-state index is -1.01.